The van der Waals surface area contributed by atoms with E-state index in [9.17, 15) is 26.4 Å². The third kappa shape index (κ3) is 7.28. The lowest BCUT2D eigenvalue weighted by Gasteiger charge is -2.28. The third-order valence-electron chi connectivity index (χ3n) is 6.07. The van der Waals surface area contributed by atoms with Gasteiger partial charge in [0.2, 0.25) is 0 Å². The Bertz CT molecular complexity index is 1300. The number of carbonyl (C=O) groups excluding carboxylic acids is 1. The highest BCUT2D eigenvalue weighted by atomic mass is 32.2. The van der Waals surface area contributed by atoms with E-state index in [1.807, 2.05) is 0 Å². The van der Waals surface area contributed by atoms with Gasteiger partial charge in [-0.1, -0.05) is 37.5 Å². The van der Waals surface area contributed by atoms with Crippen LogP contribution in [0.1, 0.15) is 49.0 Å². The van der Waals surface area contributed by atoms with E-state index in [0.717, 1.165) is 50.3 Å². The highest BCUT2D eigenvalue weighted by molar-refractivity contribution is 7.87. The second-order valence-corrected chi connectivity index (χ2v) is 10.5. The van der Waals surface area contributed by atoms with E-state index in [0.29, 0.717) is 17.4 Å². The lowest BCUT2D eigenvalue weighted by atomic mass is 9.96. The van der Waals surface area contributed by atoms with Crippen molar-refractivity contribution in [2.24, 2.45) is 0 Å². The Morgan fingerprint density at radius 2 is 1.76 bits per heavy atom. The van der Waals surface area contributed by atoms with Crippen LogP contribution in [0.3, 0.4) is 0 Å². The maximum Gasteiger partial charge on any atom is 0.416 e. The zero-order valence-corrected chi connectivity index (χ0v) is 20.7. The smallest absolute Gasteiger partial charge is 0.416 e. The Morgan fingerprint density at radius 1 is 1.00 bits per heavy atom. The number of amides is 2. The maximum atomic E-state index is 13.1. The van der Waals surface area contributed by atoms with Gasteiger partial charge in [-0.15, -0.1) is 0 Å². The molecule has 2 aromatic carbocycles. The first-order chi connectivity index (χ1) is 17.6. The van der Waals surface area contributed by atoms with Gasteiger partial charge in [-0.3, -0.25) is 0 Å². The highest BCUT2D eigenvalue weighted by Gasteiger charge is 2.32. The van der Waals surface area contributed by atoms with E-state index in [1.54, 1.807) is 29.2 Å². The van der Waals surface area contributed by atoms with Gasteiger partial charge in [0.05, 0.1) is 18.4 Å². The molecule has 0 unspecified atom stereocenters. The summed E-state index contributed by atoms with van der Waals surface area (Å²) in [7, 11) is -4.53. The molecule has 0 radical (unpaired) electrons. The molecule has 1 aromatic heterocycles. The summed E-state index contributed by atoms with van der Waals surface area (Å²) in [5, 5.41) is 3.07. The molecule has 1 N–H and O–H groups in total. The SMILES string of the molecule is O=C(NC1CCCCC1)N(Cc1cccc(OS(=O)(=O)c2cccc(C(F)(F)F)c2)c1)Cc1ccco1. The highest BCUT2D eigenvalue weighted by Crippen LogP contribution is 2.31. The number of hydrogen-bond acceptors (Lipinski definition) is 5. The monoisotopic (exact) mass is 536 g/mol. The van der Waals surface area contributed by atoms with Crippen molar-refractivity contribution in [3.05, 3.63) is 83.8 Å². The van der Waals surface area contributed by atoms with Crippen LogP contribution in [0.4, 0.5) is 18.0 Å². The summed E-state index contributed by atoms with van der Waals surface area (Å²) in [6.07, 6.45) is 1.92. The van der Waals surface area contributed by atoms with Gasteiger partial charge in [0, 0.05) is 12.6 Å². The molecule has 2 amide bonds. The van der Waals surface area contributed by atoms with Crippen molar-refractivity contribution in [1.29, 1.82) is 0 Å². The standard InChI is InChI=1S/C26H27F3N2O5S/c27-26(28,29)20-8-5-13-24(16-20)37(33,34)36-22-11-4-7-19(15-22)17-31(18-23-12-6-14-35-23)25(32)30-21-9-2-1-3-10-21/h4-8,11-16,21H,1-3,9-10,17-18H2,(H,30,32). The molecule has 3 aromatic rings. The summed E-state index contributed by atoms with van der Waals surface area (Å²) in [5.41, 5.74) is -0.523. The largest absolute Gasteiger partial charge is 0.467 e. The van der Waals surface area contributed by atoms with Crippen LogP contribution >= 0.6 is 0 Å². The zero-order chi connectivity index (χ0) is 26.5. The first kappa shape index (κ1) is 26.6. The van der Waals surface area contributed by atoms with Gasteiger partial charge in [0.25, 0.3) is 0 Å². The minimum absolute atomic E-state index is 0.0828. The lowest BCUT2D eigenvalue weighted by molar-refractivity contribution is -0.137. The first-order valence-corrected chi connectivity index (χ1v) is 13.3. The molecule has 11 heteroatoms. The fraction of sp³-hybridized carbons (Fsp3) is 0.346. The van der Waals surface area contributed by atoms with E-state index < -0.39 is 26.8 Å². The quantitative estimate of drug-likeness (QED) is 0.351. The predicted molar refractivity (Wildman–Crippen MR) is 129 cm³/mol. The van der Waals surface area contributed by atoms with Crippen LogP contribution in [0.2, 0.25) is 0 Å². The van der Waals surface area contributed by atoms with Gasteiger partial charge in [-0.2, -0.15) is 21.6 Å². The number of carbonyl (C=O) groups is 1. The van der Waals surface area contributed by atoms with E-state index in [2.05, 4.69) is 5.32 Å². The van der Waals surface area contributed by atoms with Crippen LogP contribution in [0.25, 0.3) is 0 Å². The number of alkyl halides is 3. The molecule has 198 valence electrons. The number of hydrogen-bond donors (Lipinski definition) is 1. The van der Waals surface area contributed by atoms with Crippen molar-refractivity contribution < 1.29 is 35.0 Å². The fourth-order valence-electron chi connectivity index (χ4n) is 4.22. The molecular formula is C26H27F3N2O5S. The Kier molecular flexibility index (Phi) is 8.11. The number of nitrogens with zero attached hydrogens (tertiary/aromatic N) is 1. The number of rotatable bonds is 8. The molecule has 1 fully saturated rings. The van der Waals surface area contributed by atoms with Crippen LogP contribution in [-0.4, -0.2) is 25.4 Å². The van der Waals surface area contributed by atoms with E-state index in [1.165, 1.54) is 18.4 Å². The lowest BCUT2D eigenvalue weighted by Crippen LogP contribution is -2.44. The number of benzene rings is 2. The molecule has 0 bridgehead atoms. The Labute approximate surface area is 213 Å². The molecule has 0 saturated heterocycles. The molecule has 0 aliphatic heterocycles. The zero-order valence-electron chi connectivity index (χ0n) is 19.9. The van der Waals surface area contributed by atoms with Gasteiger partial charge in [0.15, 0.2) is 0 Å². The van der Waals surface area contributed by atoms with Crippen LogP contribution < -0.4 is 9.50 Å². The summed E-state index contributed by atoms with van der Waals surface area (Å²) < 4.78 is 75.0. The minimum Gasteiger partial charge on any atom is -0.467 e. The summed E-state index contributed by atoms with van der Waals surface area (Å²) in [6.45, 7) is 0.319. The van der Waals surface area contributed by atoms with Crippen LogP contribution in [0, 0.1) is 0 Å². The maximum absolute atomic E-state index is 13.1. The minimum atomic E-state index is -4.69. The third-order valence-corrected chi connectivity index (χ3v) is 7.32. The van der Waals surface area contributed by atoms with Gasteiger partial charge in [-0.25, -0.2) is 4.79 Å². The Balaban J connectivity index is 1.50. The Morgan fingerprint density at radius 3 is 2.46 bits per heavy atom. The second kappa shape index (κ2) is 11.3. The molecule has 1 aliphatic carbocycles. The summed E-state index contributed by atoms with van der Waals surface area (Å²) in [5.74, 6) is 0.499. The van der Waals surface area contributed by atoms with E-state index in [4.69, 9.17) is 8.60 Å². The molecule has 1 saturated carbocycles. The Hall–Kier alpha value is -3.47. The van der Waals surface area contributed by atoms with Gasteiger partial charge in [0.1, 0.15) is 16.4 Å². The fourth-order valence-corrected chi connectivity index (χ4v) is 5.19. The van der Waals surface area contributed by atoms with Crippen molar-refractivity contribution in [1.82, 2.24) is 10.2 Å². The van der Waals surface area contributed by atoms with Crippen molar-refractivity contribution in [2.75, 3.05) is 0 Å². The average Bonchev–Trinajstić information content (AvgIpc) is 3.37. The van der Waals surface area contributed by atoms with Crippen molar-refractivity contribution in [2.45, 2.75) is 62.3 Å². The summed E-state index contributed by atoms with van der Waals surface area (Å²) >= 11 is 0. The molecule has 1 aliphatic rings. The second-order valence-electron chi connectivity index (χ2n) is 8.93. The molecule has 1 heterocycles. The van der Waals surface area contributed by atoms with Crippen LogP contribution in [0.15, 0.2) is 76.2 Å². The summed E-state index contributed by atoms with van der Waals surface area (Å²) in [6, 6.07) is 12.7. The predicted octanol–water partition coefficient (Wildman–Crippen LogP) is 6.11. The number of nitrogens with one attached hydrogen (secondary N) is 1. The number of furan rings is 1. The molecular weight excluding hydrogens is 509 g/mol. The summed E-state index contributed by atoms with van der Waals surface area (Å²) in [4.78, 5) is 14.0. The topological polar surface area (TPSA) is 88.9 Å². The van der Waals surface area contributed by atoms with Crippen molar-refractivity contribution >= 4 is 16.1 Å². The van der Waals surface area contributed by atoms with Gasteiger partial charge < -0.3 is 18.8 Å². The molecule has 4 rings (SSSR count). The molecule has 0 spiro atoms. The van der Waals surface area contributed by atoms with Crippen LogP contribution in [-0.2, 0) is 29.4 Å². The van der Waals surface area contributed by atoms with Crippen molar-refractivity contribution in [3.63, 3.8) is 0 Å². The first-order valence-electron chi connectivity index (χ1n) is 11.9. The number of urea groups is 1. The van der Waals surface area contributed by atoms with Crippen LogP contribution in [0.5, 0.6) is 5.75 Å². The average molecular weight is 537 g/mol. The van der Waals surface area contributed by atoms with E-state index >= 15 is 0 Å². The van der Waals surface area contributed by atoms with Crippen molar-refractivity contribution in [3.8, 4) is 5.75 Å². The molecule has 0 atom stereocenters. The van der Waals surface area contributed by atoms with Gasteiger partial charge >= 0.3 is 22.3 Å². The molecule has 7 nitrogen and oxygen atoms in total. The normalized spacial score (nSPS) is 14.8. The number of halogens is 3. The molecule has 37 heavy (non-hydrogen) atoms. The van der Waals surface area contributed by atoms with E-state index in [-0.39, 0.29) is 30.9 Å². The van der Waals surface area contributed by atoms with Gasteiger partial charge in [-0.05, 0) is 60.9 Å².